The third kappa shape index (κ3) is 4.37. The number of aromatic nitrogens is 1. The minimum absolute atomic E-state index is 0.0342. The molecule has 0 spiro atoms. The van der Waals surface area contributed by atoms with Crippen LogP contribution in [0.4, 0.5) is 10.5 Å². The third-order valence-corrected chi connectivity index (χ3v) is 5.45. The Hall–Kier alpha value is -3.41. The quantitative estimate of drug-likeness (QED) is 0.717. The van der Waals surface area contributed by atoms with Crippen LogP contribution in [0.2, 0.25) is 0 Å². The molecular weight excluding hydrogens is 364 g/mol. The van der Waals surface area contributed by atoms with Gasteiger partial charge in [-0.2, -0.15) is 0 Å². The van der Waals surface area contributed by atoms with Crippen molar-refractivity contribution in [1.82, 2.24) is 15.6 Å². The van der Waals surface area contributed by atoms with Crippen LogP contribution in [0.25, 0.3) is 10.8 Å². The SMILES string of the molecule is CC1CC(NC(=O)NC(=O)c2ccncc2)CCN1c1ccc2ccccc2c1. The molecule has 1 aromatic heterocycles. The monoisotopic (exact) mass is 388 g/mol. The van der Waals surface area contributed by atoms with Gasteiger partial charge in [0.25, 0.3) is 5.91 Å². The van der Waals surface area contributed by atoms with Gasteiger partial charge in [0.15, 0.2) is 0 Å². The Morgan fingerprint density at radius 3 is 2.55 bits per heavy atom. The van der Waals surface area contributed by atoms with Crippen molar-refractivity contribution in [2.45, 2.75) is 31.8 Å². The molecule has 1 fully saturated rings. The van der Waals surface area contributed by atoms with Gasteiger partial charge in [0.1, 0.15) is 0 Å². The Labute approximate surface area is 169 Å². The number of nitrogens with one attached hydrogen (secondary N) is 2. The molecule has 2 N–H and O–H groups in total. The Bertz CT molecular complexity index is 1020. The summed E-state index contributed by atoms with van der Waals surface area (Å²) < 4.78 is 0. The van der Waals surface area contributed by atoms with Gasteiger partial charge in [-0.05, 0) is 54.8 Å². The van der Waals surface area contributed by atoms with Crippen LogP contribution < -0.4 is 15.5 Å². The minimum atomic E-state index is -0.455. The fourth-order valence-electron chi connectivity index (χ4n) is 3.94. The number of hydrogen-bond acceptors (Lipinski definition) is 4. The van der Waals surface area contributed by atoms with Gasteiger partial charge in [-0.15, -0.1) is 0 Å². The second-order valence-electron chi connectivity index (χ2n) is 7.46. The Morgan fingerprint density at radius 2 is 1.79 bits per heavy atom. The molecule has 1 aliphatic rings. The summed E-state index contributed by atoms with van der Waals surface area (Å²) in [7, 11) is 0. The average molecular weight is 388 g/mol. The number of benzene rings is 2. The summed E-state index contributed by atoms with van der Waals surface area (Å²) in [5.41, 5.74) is 1.61. The molecule has 1 saturated heterocycles. The highest BCUT2D eigenvalue weighted by Crippen LogP contribution is 2.28. The van der Waals surface area contributed by atoms with Crippen molar-refractivity contribution < 1.29 is 9.59 Å². The maximum Gasteiger partial charge on any atom is 0.321 e. The topological polar surface area (TPSA) is 74.3 Å². The third-order valence-electron chi connectivity index (χ3n) is 5.45. The lowest BCUT2D eigenvalue weighted by Crippen LogP contribution is -2.51. The maximum atomic E-state index is 12.2. The van der Waals surface area contributed by atoms with E-state index in [2.05, 4.69) is 63.8 Å². The number of urea groups is 1. The predicted molar refractivity (Wildman–Crippen MR) is 114 cm³/mol. The van der Waals surface area contributed by atoms with E-state index in [1.807, 2.05) is 6.07 Å². The van der Waals surface area contributed by atoms with Crippen LogP contribution in [0.3, 0.4) is 0 Å². The zero-order valence-electron chi connectivity index (χ0n) is 16.3. The van der Waals surface area contributed by atoms with Crippen molar-refractivity contribution in [3.8, 4) is 0 Å². The van der Waals surface area contributed by atoms with Gasteiger partial charge < -0.3 is 10.2 Å². The van der Waals surface area contributed by atoms with Crippen molar-refractivity contribution >= 4 is 28.4 Å². The molecule has 0 radical (unpaired) electrons. The van der Waals surface area contributed by atoms with Gasteiger partial charge in [-0.1, -0.05) is 30.3 Å². The standard InChI is InChI=1S/C23H24N4O2/c1-16-14-20(25-23(29)26-22(28)18-8-11-24-12-9-18)10-13-27(16)21-7-6-17-4-2-3-5-19(17)15-21/h2-9,11-12,15-16,20H,10,13-14H2,1H3,(H2,25,26,28,29). The molecule has 2 atom stereocenters. The molecule has 29 heavy (non-hydrogen) atoms. The van der Waals surface area contributed by atoms with Gasteiger partial charge in [0.05, 0.1) is 0 Å². The Morgan fingerprint density at radius 1 is 1.03 bits per heavy atom. The summed E-state index contributed by atoms with van der Waals surface area (Å²) in [6.45, 7) is 3.02. The van der Waals surface area contributed by atoms with Crippen LogP contribution in [-0.2, 0) is 0 Å². The largest absolute Gasteiger partial charge is 0.369 e. The molecule has 4 rings (SSSR count). The molecule has 0 saturated carbocycles. The van der Waals surface area contributed by atoms with Crippen molar-refractivity contribution in [3.05, 3.63) is 72.6 Å². The first kappa shape index (κ1) is 18.9. The number of carbonyl (C=O) groups is 2. The molecule has 2 aromatic carbocycles. The first-order chi connectivity index (χ1) is 14.1. The van der Waals surface area contributed by atoms with Gasteiger partial charge in [-0.3, -0.25) is 15.1 Å². The summed E-state index contributed by atoms with van der Waals surface area (Å²) >= 11 is 0. The Balaban J connectivity index is 1.34. The van der Waals surface area contributed by atoms with E-state index in [-0.39, 0.29) is 12.1 Å². The van der Waals surface area contributed by atoms with E-state index in [1.54, 1.807) is 12.1 Å². The first-order valence-electron chi connectivity index (χ1n) is 9.87. The van der Waals surface area contributed by atoms with E-state index in [4.69, 9.17) is 0 Å². The summed E-state index contributed by atoms with van der Waals surface area (Å²) in [4.78, 5) is 30.6. The molecule has 0 bridgehead atoms. The molecule has 3 aromatic rings. The van der Waals surface area contributed by atoms with E-state index < -0.39 is 11.9 Å². The molecule has 2 heterocycles. The minimum Gasteiger partial charge on any atom is -0.369 e. The van der Waals surface area contributed by atoms with Gasteiger partial charge in [0.2, 0.25) is 0 Å². The predicted octanol–water partition coefficient (Wildman–Crippen LogP) is 3.73. The number of carbonyl (C=O) groups excluding carboxylic acids is 2. The zero-order valence-corrected chi connectivity index (χ0v) is 16.3. The number of fused-ring (bicyclic) bond motifs is 1. The second kappa shape index (κ2) is 8.31. The fourth-order valence-corrected chi connectivity index (χ4v) is 3.94. The highest BCUT2D eigenvalue weighted by atomic mass is 16.2. The lowest BCUT2D eigenvalue weighted by molar-refractivity contribution is 0.0963. The van der Waals surface area contributed by atoms with Crippen LogP contribution in [0.1, 0.15) is 30.1 Å². The molecule has 3 amide bonds. The molecule has 1 aliphatic heterocycles. The molecule has 2 unspecified atom stereocenters. The molecule has 6 nitrogen and oxygen atoms in total. The number of amides is 3. The van der Waals surface area contributed by atoms with E-state index in [9.17, 15) is 9.59 Å². The number of pyridine rings is 1. The van der Waals surface area contributed by atoms with Crippen LogP contribution in [-0.4, -0.2) is 35.6 Å². The second-order valence-corrected chi connectivity index (χ2v) is 7.46. The number of hydrogen-bond donors (Lipinski definition) is 2. The summed E-state index contributed by atoms with van der Waals surface area (Å²) in [5, 5.41) is 7.79. The number of piperidine rings is 1. The van der Waals surface area contributed by atoms with Crippen molar-refractivity contribution in [2.24, 2.45) is 0 Å². The van der Waals surface area contributed by atoms with Crippen LogP contribution >= 0.6 is 0 Å². The van der Waals surface area contributed by atoms with E-state index in [1.165, 1.54) is 28.9 Å². The summed E-state index contributed by atoms with van der Waals surface area (Å²) in [5.74, 6) is -0.424. The number of nitrogens with zero attached hydrogens (tertiary/aromatic N) is 2. The highest BCUT2D eigenvalue weighted by molar-refractivity contribution is 6.04. The number of imide groups is 1. The number of rotatable bonds is 3. The highest BCUT2D eigenvalue weighted by Gasteiger charge is 2.27. The van der Waals surface area contributed by atoms with Crippen LogP contribution in [0.5, 0.6) is 0 Å². The smallest absolute Gasteiger partial charge is 0.321 e. The average Bonchev–Trinajstić information content (AvgIpc) is 2.74. The Kier molecular flexibility index (Phi) is 5.42. The fraction of sp³-hybridized carbons (Fsp3) is 0.261. The van der Waals surface area contributed by atoms with E-state index >= 15 is 0 Å². The lowest BCUT2D eigenvalue weighted by atomic mass is 9.97. The summed E-state index contributed by atoms with van der Waals surface area (Å²) in [6.07, 6.45) is 4.70. The van der Waals surface area contributed by atoms with Crippen LogP contribution in [0, 0.1) is 0 Å². The van der Waals surface area contributed by atoms with Crippen molar-refractivity contribution in [3.63, 3.8) is 0 Å². The van der Waals surface area contributed by atoms with E-state index in [0.717, 1.165) is 19.4 Å². The summed E-state index contributed by atoms with van der Waals surface area (Å²) in [6, 6.07) is 17.9. The normalized spacial score (nSPS) is 19.0. The molecule has 148 valence electrons. The van der Waals surface area contributed by atoms with Gasteiger partial charge in [-0.25, -0.2) is 4.79 Å². The first-order valence-corrected chi connectivity index (χ1v) is 9.87. The van der Waals surface area contributed by atoms with Crippen LogP contribution in [0.15, 0.2) is 67.0 Å². The molecular formula is C23H24N4O2. The van der Waals surface area contributed by atoms with Gasteiger partial charge >= 0.3 is 6.03 Å². The maximum absolute atomic E-state index is 12.2. The van der Waals surface area contributed by atoms with Crippen molar-refractivity contribution in [1.29, 1.82) is 0 Å². The molecule has 6 heteroatoms. The molecule has 0 aliphatic carbocycles. The lowest BCUT2D eigenvalue weighted by Gasteiger charge is -2.39. The number of anilines is 1. The van der Waals surface area contributed by atoms with Crippen molar-refractivity contribution in [2.75, 3.05) is 11.4 Å². The zero-order chi connectivity index (χ0) is 20.2. The van der Waals surface area contributed by atoms with E-state index in [0.29, 0.717) is 5.56 Å². The van der Waals surface area contributed by atoms with Gasteiger partial charge in [0, 0.05) is 42.3 Å².